The van der Waals surface area contributed by atoms with Gasteiger partial charge in [-0.05, 0) is 94.2 Å². The molecule has 0 aliphatic rings. The van der Waals surface area contributed by atoms with E-state index in [1.807, 2.05) is 42.5 Å². The summed E-state index contributed by atoms with van der Waals surface area (Å²) < 4.78 is 8.96. The summed E-state index contributed by atoms with van der Waals surface area (Å²) in [5.74, 6) is 0.533. The molecule has 0 fully saturated rings. The van der Waals surface area contributed by atoms with Gasteiger partial charge in [-0.25, -0.2) is 9.97 Å². The highest BCUT2D eigenvalue weighted by Crippen LogP contribution is 2.42. The van der Waals surface area contributed by atoms with Gasteiger partial charge < -0.3 is 8.98 Å². The van der Waals surface area contributed by atoms with E-state index in [2.05, 4.69) is 143 Å². The number of aromatic nitrogens is 3. The first-order valence-corrected chi connectivity index (χ1v) is 18.0. The van der Waals surface area contributed by atoms with E-state index in [4.69, 9.17) is 9.40 Å². The van der Waals surface area contributed by atoms with Crippen molar-refractivity contribution >= 4 is 65.4 Å². The number of hydrogen-bond donors (Lipinski definition) is 0. The molecule has 3 aromatic heterocycles. The molecule has 0 radical (unpaired) electrons. The summed E-state index contributed by atoms with van der Waals surface area (Å²) in [5.41, 5.74) is 11.5. The minimum absolute atomic E-state index is 0.375. The number of rotatable bonds is 4. The van der Waals surface area contributed by atoms with E-state index >= 15 is 0 Å². The van der Waals surface area contributed by atoms with Gasteiger partial charge in [0.05, 0.1) is 16.6 Å². The normalized spacial score (nSPS) is 11.7. The van der Waals surface area contributed by atoms with Crippen LogP contribution in [0.15, 0.2) is 174 Å². The van der Waals surface area contributed by atoms with Crippen LogP contribution in [0.4, 0.5) is 0 Å². The highest BCUT2D eigenvalue weighted by atomic mass is 16.3. The van der Waals surface area contributed by atoms with Crippen LogP contribution in [0.25, 0.3) is 105 Å². The zero-order valence-corrected chi connectivity index (χ0v) is 28.9. The number of furan rings is 1. The molecule has 0 N–H and O–H groups in total. The summed E-state index contributed by atoms with van der Waals surface area (Å²) in [4.78, 5) is 9.42. The van der Waals surface area contributed by atoms with Crippen molar-refractivity contribution in [3.63, 3.8) is 0 Å². The second-order valence-corrected chi connectivity index (χ2v) is 13.7. The summed E-state index contributed by atoms with van der Waals surface area (Å²) in [6.45, 7) is 0. The van der Waals surface area contributed by atoms with Crippen molar-refractivity contribution in [2.24, 2.45) is 0 Å². The van der Waals surface area contributed by atoms with Gasteiger partial charge in [0.15, 0.2) is 11.5 Å². The molecule has 0 aliphatic carbocycles. The van der Waals surface area contributed by atoms with E-state index in [-0.39, 0.29) is 0 Å². The van der Waals surface area contributed by atoms with Crippen LogP contribution in [0.1, 0.15) is 5.69 Å². The SMILES string of the molecule is N#Cc1nc(-c2ccc(-n3c4ccc(-c5cccc6c5oc5ccc(-c7ccccc7)cc56)cc4c4c5ccccc5ccc43)cc2)nc2ccccc12. The van der Waals surface area contributed by atoms with Crippen LogP contribution in [0.5, 0.6) is 0 Å². The third-order valence-electron chi connectivity index (χ3n) is 10.7. The van der Waals surface area contributed by atoms with Crippen molar-refractivity contribution in [1.82, 2.24) is 14.5 Å². The smallest absolute Gasteiger partial charge is 0.161 e. The van der Waals surface area contributed by atoms with Crippen LogP contribution in [-0.4, -0.2) is 14.5 Å². The molecule has 54 heavy (non-hydrogen) atoms. The molecule has 0 atom stereocenters. The van der Waals surface area contributed by atoms with Crippen LogP contribution in [-0.2, 0) is 0 Å². The van der Waals surface area contributed by atoms with Crippen LogP contribution >= 0.6 is 0 Å². The first-order valence-electron chi connectivity index (χ1n) is 18.0. The third kappa shape index (κ3) is 4.57. The van der Waals surface area contributed by atoms with E-state index < -0.39 is 0 Å². The second kappa shape index (κ2) is 11.7. The van der Waals surface area contributed by atoms with Crippen molar-refractivity contribution in [2.75, 3.05) is 0 Å². The van der Waals surface area contributed by atoms with Gasteiger partial charge in [0.25, 0.3) is 0 Å². The highest BCUT2D eigenvalue weighted by molar-refractivity contribution is 6.22. The van der Waals surface area contributed by atoms with Crippen LogP contribution < -0.4 is 0 Å². The van der Waals surface area contributed by atoms with Crippen molar-refractivity contribution < 1.29 is 4.42 Å². The molecule has 5 nitrogen and oxygen atoms in total. The molecule has 250 valence electrons. The maximum absolute atomic E-state index is 9.83. The van der Waals surface area contributed by atoms with Gasteiger partial charge in [-0.2, -0.15) is 5.26 Å². The lowest BCUT2D eigenvalue weighted by molar-refractivity contribution is 0.670. The van der Waals surface area contributed by atoms with E-state index in [0.717, 1.165) is 66.3 Å². The lowest BCUT2D eigenvalue weighted by atomic mass is 9.98. The lowest BCUT2D eigenvalue weighted by Gasteiger charge is -2.10. The van der Waals surface area contributed by atoms with Crippen LogP contribution in [0.3, 0.4) is 0 Å². The summed E-state index contributed by atoms with van der Waals surface area (Å²) >= 11 is 0. The topological polar surface area (TPSA) is 67.6 Å². The van der Waals surface area contributed by atoms with Gasteiger partial charge in [0.2, 0.25) is 0 Å². The van der Waals surface area contributed by atoms with Gasteiger partial charge in [-0.15, -0.1) is 0 Å². The van der Waals surface area contributed by atoms with Crippen molar-refractivity contribution in [2.45, 2.75) is 0 Å². The zero-order valence-electron chi connectivity index (χ0n) is 28.9. The number of nitriles is 1. The third-order valence-corrected chi connectivity index (χ3v) is 10.7. The van der Waals surface area contributed by atoms with E-state index in [9.17, 15) is 5.26 Å². The molecule has 0 spiro atoms. The minimum Gasteiger partial charge on any atom is -0.455 e. The number of fused-ring (bicyclic) bond motifs is 9. The fourth-order valence-electron chi connectivity index (χ4n) is 8.12. The highest BCUT2D eigenvalue weighted by Gasteiger charge is 2.19. The molecular formula is C49H28N4O. The monoisotopic (exact) mass is 688 g/mol. The quantitative estimate of drug-likeness (QED) is 0.185. The molecule has 11 rings (SSSR count). The molecule has 0 aliphatic heterocycles. The van der Waals surface area contributed by atoms with E-state index in [1.165, 1.54) is 32.7 Å². The first-order chi connectivity index (χ1) is 26.7. The standard InChI is InChI=1S/C49H28N4O/c50-29-43-39-13-6-7-16-42(39)51-49(52-43)32-17-22-35(23-18-32)53-44-24-20-34(28-41(44)47-36-12-5-4-11-31(36)19-25-45(47)53)37-14-8-15-38-40-27-33(30-9-2-1-3-10-30)21-26-46(40)54-48(37)38/h1-28H. The Morgan fingerprint density at radius 3 is 2.09 bits per heavy atom. The van der Waals surface area contributed by atoms with Gasteiger partial charge in [-0.1, -0.05) is 103 Å². The largest absolute Gasteiger partial charge is 0.455 e. The number of nitrogens with zero attached hydrogens (tertiary/aromatic N) is 4. The Kier molecular flexibility index (Phi) is 6.55. The van der Waals surface area contributed by atoms with Crippen molar-refractivity contribution in [3.05, 3.63) is 176 Å². The summed E-state index contributed by atoms with van der Waals surface area (Å²) in [6, 6.07) is 61.4. The average molecular weight is 689 g/mol. The molecule has 11 aromatic rings. The molecule has 3 heterocycles. The van der Waals surface area contributed by atoms with Crippen LogP contribution in [0, 0.1) is 11.3 Å². The predicted octanol–water partition coefficient (Wildman–Crippen LogP) is 12.7. The summed E-state index contributed by atoms with van der Waals surface area (Å²) in [5, 5.41) is 17.6. The summed E-state index contributed by atoms with van der Waals surface area (Å²) in [6.07, 6.45) is 0. The maximum atomic E-state index is 9.83. The van der Waals surface area contributed by atoms with Gasteiger partial charge >= 0.3 is 0 Å². The fraction of sp³-hybridized carbons (Fsp3) is 0. The number of hydrogen-bond acceptors (Lipinski definition) is 4. The maximum Gasteiger partial charge on any atom is 0.161 e. The Bertz CT molecular complexity index is 3330. The molecular weight excluding hydrogens is 661 g/mol. The minimum atomic E-state index is 0.375. The van der Waals surface area contributed by atoms with Crippen molar-refractivity contribution in [3.8, 4) is 45.4 Å². The molecule has 0 saturated carbocycles. The Labute approximate surface area is 309 Å². The fourth-order valence-corrected chi connectivity index (χ4v) is 8.12. The molecule has 0 unspecified atom stereocenters. The lowest BCUT2D eigenvalue weighted by Crippen LogP contribution is -1.97. The molecule has 8 aromatic carbocycles. The van der Waals surface area contributed by atoms with Crippen LogP contribution in [0.2, 0.25) is 0 Å². The average Bonchev–Trinajstić information content (AvgIpc) is 3.79. The Morgan fingerprint density at radius 2 is 1.22 bits per heavy atom. The predicted molar refractivity (Wildman–Crippen MR) is 220 cm³/mol. The van der Waals surface area contributed by atoms with Gasteiger partial charge in [-0.3, -0.25) is 0 Å². The molecule has 0 saturated heterocycles. The van der Waals surface area contributed by atoms with Crippen molar-refractivity contribution in [1.29, 1.82) is 5.26 Å². The summed E-state index contributed by atoms with van der Waals surface area (Å²) in [7, 11) is 0. The second-order valence-electron chi connectivity index (χ2n) is 13.7. The Balaban J connectivity index is 1.08. The van der Waals surface area contributed by atoms with Gasteiger partial charge in [0.1, 0.15) is 17.2 Å². The Morgan fingerprint density at radius 1 is 0.500 bits per heavy atom. The molecule has 0 amide bonds. The molecule has 0 bridgehead atoms. The molecule has 5 heteroatoms. The number of benzene rings is 8. The number of para-hydroxylation sites is 2. The van der Waals surface area contributed by atoms with E-state index in [0.29, 0.717) is 11.5 Å². The zero-order chi connectivity index (χ0) is 35.8. The van der Waals surface area contributed by atoms with Gasteiger partial charge in [0, 0.05) is 43.7 Å². The van der Waals surface area contributed by atoms with E-state index in [1.54, 1.807) is 0 Å². The first kappa shape index (κ1) is 30.1. The Hall–Kier alpha value is -7.55.